The summed E-state index contributed by atoms with van der Waals surface area (Å²) in [5.41, 5.74) is 0.249. The lowest BCUT2D eigenvalue weighted by atomic mass is 9.76. The lowest BCUT2D eigenvalue weighted by Crippen LogP contribution is -2.32. The summed E-state index contributed by atoms with van der Waals surface area (Å²) in [5, 5.41) is 26.6. The number of aromatic hydroxyl groups is 1. The fraction of sp³-hybridized carbons (Fsp3) is 0.143. The van der Waals surface area contributed by atoms with E-state index in [0.29, 0.717) is 5.56 Å². The fourth-order valence-corrected chi connectivity index (χ4v) is 1.07. The third-order valence-electron chi connectivity index (χ3n) is 1.59. The van der Waals surface area contributed by atoms with Gasteiger partial charge < -0.3 is 15.2 Å². The van der Waals surface area contributed by atoms with Crippen molar-refractivity contribution in [1.82, 2.24) is 0 Å². The van der Waals surface area contributed by atoms with Crippen LogP contribution in [-0.2, 0) is 0 Å². The van der Waals surface area contributed by atoms with Crippen LogP contribution in [0.5, 0.6) is 5.75 Å². The number of hydrogen-bond donors (Lipinski definition) is 3. The quantitative estimate of drug-likeness (QED) is 0.498. The van der Waals surface area contributed by atoms with Gasteiger partial charge in [0.2, 0.25) is 0 Å². The Morgan fingerprint density at radius 2 is 1.92 bits per heavy atom. The Balaban J connectivity index is 3.28. The molecule has 0 aliphatic carbocycles. The Bertz CT molecular complexity index is 278. The van der Waals surface area contributed by atoms with Gasteiger partial charge in [0.25, 0.3) is 0 Å². The zero-order valence-corrected chi connectivity index (χ0v) is 6.45. The van der Waals surface area contributed by atoms with Crippen LogP contribution in [-0.4, -0.2) is 22.3 Å². The van der Waals surface area contributed by atoms with Gasteiger partial charge in [-0.05, 0) is 18.6 Å². The van der Waals surface area contributed by atoms with E-state index in [1.54, 1.807) is 0 Å². The highest BCUT2D eigenvalue weighted by Crippen LogP contribution is 2.11. The van der Waals surface area contributed by atoms with Gasteiger partial charge in [-0.1, -0.05) is 0 Å². The van der Waals surface area contributed by atoms with E-state index in [0.717, 1.165) is 12.1 Å². The van der Waals surface area contributed by atoms with E-state index in [1.165, 1.54) is 6.92 Å². The molecule has 0 atom stereocenters. The normalized spacial score (nSPS) is 10.0. The van der Waals surface area contributed by atoms with Crippen molar-refractivity contribution in [2.45, 2.75) is 6.92 Å². The first-order chi connectivity index (χ1) is 5.52. The molecule has 64 valence electrons. The molecule has 1 rings (SSSR count). The second-order valence-corrected chi connectivity index (χ2v) is 2.53. The molecule has 3 N–H and O–H groups in total. The molecule has 0 radical (unpaired) electrons. The smallest absolute Gasteiger partial charge is 0.492 e. The van der Waals surface area contributed by atoms with E-state index in [4.69, 9.17) is 15.2 Å². The molecule has 0 bridgehead atoms. The van der Waals surface area contributed by atoms with Crippen LogP contribution < -0.4 is 5.46 Å². The minimum Gasteiger partial charge on any atom is -0.508 e. The molecule has 0 aromatic heterocycles. The van der Waals surface area contributed by atoms with Crippen LogP contribution >= 0.6 is 0 Å². The van der Waals surface area contributed by atoms with E-state index in [1.807, 2.05) is 0 Å². The summed E-state index contributed by atoms with van der Waals surface area (Å²) in [6.07, 6.45) is 0. The van der Waals surface area contributed by atoms with Crippen molar-refractivity contribution in [3.63, 3.8) is 0 Å². The highest BCUT2D eigenvalue weighted by atomic mass is 19.1. The van der Waals surface area contributed by atoms with Crippen LogP contribution in [0, 0.1) is 12.7 Å². The Labute approximate surface area is 69.2 Å². The average molecular weight is 170 g/mol. The molecule has 3 nitrogen and oxygen atoms in total. The van der Waals surface area contributed by atoms with E-state index in [2.05, 4.69) is 0 Å². The van der Waals surface area contributed by atoms with Crippen molar-refractivity contribution < 1.29 is 19.5 Å². The van der Waals surface area contributed by atoms with E-state index in [9.17, 15) is 4.39 Å². The highest BCUT2D eigenvalue weighted by molar-refractivity contribution is 6.60. The maximum Gasteiger partial charge on any atom is 0.492 e. The van der Waals surface area contributed by atoms with Crippen LogP contribution in [0.25, 0.3) is 0 Å². The fourth-order valence-electron chi connectivity index (χ4n) is 1.07. The lowest BCUT2D eigenvalue weighted by Gasteiger charge is -2.06. The molecular formula is C7H8BFO3. The molecular weight excluding hydrogens is 162 g/mol. The Morgan fingerprint density at radius 3 is 2.33 bits per heavy atom. The topological polar surface area (TPSA) is 60.7 Å². The maximum absolute atomic E-state index is 12.5. The Hall–Kier alpha value is -1.07. The predicted octanol–water partition coefficient (Wildman–Crippen LogP) is -0.480. The number of aryl methyl sites for hydroxylation is 1. The summed E-state index contributed by atoms with van der Waals surface area (Å²) < 4.78 is 12.5. The zero-order chi connectivity index (χ0) is 9.30. The minimum absolute atomic E-state index is 0.0589. The molecule has 0 unspecified atom stereocenters. The van der Waals surface area contributed by atoms with Crippen LogP contribution in [0.1, 0.15) is 5.56 Å². The summed E-state index contributed by atoms with van der Waals surface area (Å²) in [5.74, 6) is -1.04. The van der Waals surface area contributed by atoms with Crippen LogP contribution in [0.15, 0.2) is 12.1 Å². The molecule has 0 fully saturated rings. The van der Waals surface area contributed by atoms with Crippen molar-refractivity contribution in [1.29, 1.82) is 0 Å². The lowest BCUT2D eigenvalue weighted by molar-refractivity contribution is 0.418. The highest BCUT2D eigenvalue weighted by Gasteiger charge is 2.19. The molecule has 12 heavy (non-hydrogen) atoms. The molecule has 0 saturated carbocycles. The maximum atomic E-state index is 12.5. The van der Waals surface area contributed by atoms with Crippen LogP contribution in [0.4, 0.5) is 4.39 Å². The van der Waals surface area contributed by atoms with E-state index >= 15 is 0 Å². The number of benzene rings is 1. The van der Waals surface area contributed by atoms with Gasteiger partial charge in [0.1, 0.15) is 11.6 Å². The van der Waals surface area contributed by atoms with Gasteiger partial charge in [-0.2, -0.15) is 0 Å². The van der Waals surface area contributed by atoms with Crippen molar-refractivity contribution in [3.8, 4) is 5.75 Å². The van der Waals surface area contributed by atoms with Gasteiger partial charge in [0.05, 0.1) is 0 Å². The largest absolute Gasteiger partial charge is 0.508 e. The van der Waals surface area contributed by atoms with Crippen LogP contribution in [0.2, 0.25) is 0 Å². The molecule has 0 saturated heterocycles. The molecule has 0 amide bonds. The zero-order valence-electron chi connectivity index (χ0n) is 6.45. The molecule has 0 aliphatic rings. The van der Waals surface area contributed by atoms with Crippen LogP contribution in [0.3, 0.4) is 0 Å². The number of halogens is 1. The third kappa shape index (κ3) is 1.57. The van der Waals surface area contributed by atoms with Gasteiger partial charge in [-0.3, -0.25) is 0 Å². The Morgan fingerprint density at radius 1 is 1.33 bits per heavy atom. The minimum atomic E-state index is -1.77. The molecule has 5 heteroatoms. The SMILES string of the molecule is Cc1cc(F)cc(O)c1B(O)O. The standard InChI is InChI=1S/C7H8BFO3/c1-4-2-5(9)3-6(10)7(4)8(11)12/h2-3,10-12H,1H3. The summed E-state index contributed by atoms with van der Waals surface area (Å²) in [6.45, 7) is 1.48. The summed E-state index contributed by atoms with van der Waals surface area (Å²) in [6, 6.07) is 1.95. The van der Waals surface area contributed by atoms with Gasteiger partial charge in [-0.15, -0.1) is 0 Å². The summed E-state index contributed by atoms with van der Waals surface area (Å²) in [7, 11) is -1.77. The van der Waals surface area contributed by atoms with Crippen molar-refractivity contribution in [2.75, 3.05) is 0 Å². The van der Waals surface area contributed by atoms with Crippen molar-refractivity contribution in [2.24, 2.45) is 0 Å². The Kier molecular flexibility index (Phi) is 2.35. The van der Waals surface area contributed by atoms with Gasteiger partial charge in [0, 0.05) is 11.5 Å². The third-order valence-corrected chi connectivity index (χ3v) is 1.59. The molecule has 0 heterocycles. The van der Waals surface area contributed by atoms with Crippen molar-refractivity contribution in [3.05, 3.63) is 23.5 Å². The predicted molar refractivity (Wildman–Crippen MR) is 42.6 cm³/mol. The second kappa shape index (κ2) is 3.12. The van der Waals surface area contributed by atoms with Gasteiger partial charge in [0.15, 0.2) is 0 Å². The first kappa shape index (κ1) is 9.03. The molecule has 0 spiro atoms. The second-order valence-electron chi connectivity index (χ2n) is 2.53. The summed E-state index contributed by atoms with van der Waals surface area (Å²) >= 11 is 0. The molecule has 1 aromatic rings. The van der Waals surface area contributed by atoms with E-state index in [-0.39, 0.29) is 5.46 Å². The number of rotatable bonds is 1. The van der Waals surface area contributed by atoms with E-state index < -0.39 is 18.7 Å². The number of hydrogen-bond acceptors (Lipinski definition) is 3. The first-order valence-corrected chi connectivity index (χ1v) is 3.37. The number of phenols is 1. The summed E-state index contributed by atoms with van der Waals surface area (Å²) in [4.78, 5) is 0. The average Bonchev–Trinajstić information content (AvgIpc) is 1.82. The van der Waals surface area contributed by atoms with Crippen molar-refractivity contribution >= 4 is 12.6 Å². The van der Waals surface area contributed by atoms with Gasteiger partial charge >= 0.3 is 7.12 Å². The van der Waals surface area contributed by atoms with Gasteiger partial charge in [-0.25, -0.2) is 4.39 Å². The molecule has 1 aromatic carbocycles. The monoisotopic (exact) mass is 170 g/mol. The number of phenolic OH excluding ortho intramolecular Hbond substituents is 1. The first-order valence-electron chi connectivity index (χ1n) is 3.37. The molecule has 0 aliphatic heterocycles.